The van der Waals surface area contributed by atoms with Gasteiger partial charge in [-0.05, 0) is 43.5 Å². The minimum Gasteiger partial charge on any atom is -0.466 e. The SMILES string of the molecule is Cc1ccc(C2=NN3[C@H](C2)c2cc(Cl)ccc2OC32CCCCC2)cc1. The summed E-state index contributed by atoms with van der Waals surface area (Å²) in [5, 5.41) is 8.12. The molecule has 1 fully saturated rings. The van der Waals surface area contributed by atoms with Crippen LogP contribution < -0.4 is 4.74 Å². The lowest BCUT2D eigenvalue weighted by atomic mass is 9.86. The summed E-state index contributed by atoms with van der Waals surface area (Å²) in [6, 6.07) is 14.9. The Balaban J connectivity index is 1.60. The van der Waals surface area contributed by atoms with E-state index in [2.05, 4.69) is 42.3 Å². The number of fused-ring (bicyclic) bond motifs is 4. The summed E-state index contributed by atoms with van der Waals surface area (Å²) in [5.74, 6) is 0.984. The molecule has 0 amide bonds. The van der Waals surface area contributed by atoms with Crippen LogP contribution in [0.15, 0.2) is 47.6 Å². The Labute approximate surface area is 159 Å². The van der Waals surface area contributed by atoms with Crippen LogP contribution in [-0.4, -0.2) is 16.4 Å². The first-order chi connectivity index (χ1) is 12.6. The van der Waals surface area contributed by atoms with Gasteiger partial charge in [-0.25, -0.2) is 5.01 Å². The van der Waals surface area contributed by atoms with Crippen molar-refractivity contribution in [3.8, 4) is 5.75 Å². The van der Waals surface area contributed by atoms with Crippen LogP contribution in [-0.2, 0) is 0 Å². The molecular formula is C22H23ClN2O. The molecule has 2 aromatic rings. The maximum absolute atomic E-state index is 6.59. The molecular weight excluding hydrogens is 344 g/mol. The Hall–Kier alpha value is -2.00. The van der Waals surface area contributed by atoms with Crippen molar-refractivity contribution in [3.63, 3.8) is 0 Å². The van der Waals surface area contributed by atoms with Gasteiger partial charge < -0.3 is 4.74 Å². The summed E-state index contributed by atoms with van der Waals surface area (Å²) in [7, 11) is 0. The van der Waals surface area contributed by atoms with Gasteiger partial charge in [-0.15, -0.1) is 0 Å². The van der Waals surface area contributed by atoms with E-state index < -0.39 is 0 Å². The van der Waals surface area contributed by atoms with Crippen molar-refractivity contribution < 1.29 is 4.74 Å². The zero-order valence-electron chi connectivity index (χ0n) is 15.0. The van der Waals surface area contributed by atoms with Crippen molar-refractivity contribution in [2.45, 2.75) is 57.2 Å². The van der Waals surface area contributed by atoms with E-state index in [9.17, 15) is 0 Å². The van der Waals surface area contributed by atoms with Gasteiger partial charge in [-0.2, -0.15) is 5.10 Å². The highest BCUT2D eigenvalue weighted by Gasteiger charge is 2.50. The molecule has 1 saturated carbocycles. The number of nitrogens with zero attached hydrogens (tertiary/aromatic N) is 2. The molecule has 2 aromatic carbocycles. The second kappa shape index (κ2) is 6.02. The number of ether oxygens (including phenoxy) is 1. The molecule has 134 valence electrons. The maximum Gasteiger partial charge on any atom is 0.198 e. The number of rotatable bonds is 1. The van der Waals surface area contributed by atoms with Gasteiger partial charge in [0.25, 0.3) is 0 Å². The highest BCUT2D eigenvalue weighted by Crippen LogP contribution is 2.51. The summed E-state index contributed by atoms with van der Waals surface area (Å²) in [5.41, 5.74) is 4.50. The first kappa shape index (κ1) is 16.2. The van der Waals surface area contributed by atoms with Gasteiger partial charge in [0.1, 0.15) is 5.75 Å². The van der Waals surface area contributed by atoms with Crippen molar-refractivity contribution in [2.75, 3.05) is 0 Å². The van der Waals surface area contributed by atoms with Gasteiger partial charge in [-0.3, -0.25) is 0 Å². The van der Waals surface area contributed by atoms with Crippen molar-refractivity contribution in [2.24, 2.45) is 5.10 Å². The van der Waals surface area contributed by atoms with Crippen molar-refractivity contribution >= 4 is 17.3 Å². The fourth-order valence-electron chi connectivity index (χ4n) is 4.61. The van der Waals surface area contributed by atoms with E-state index >= 15 is 0 Å². The number of benzene rings is 2. The predicted molar refractivity (Wildman–Crippen MR) is 105 cm³/mol. The molecule has 1 spiro atoms. The second-order valence-electron chi connectivity index (χ2n) is 7.77. The highest BCUT2D eigenvalue weighted by molar-refractivity contribution is 6.30. The summed E-state index contributed by atoms with van der Waals surface area (Å²) >= 11 is 6.30. The monoisotopic (exact) mass is 366 g/mol. The summed E-state index contributed by atoms with van der Waals surface area (Å²) in [4.78, 5) is 0. The van der Waals surface area contributed by atoms with E-state index in [4.69, 9.17) is 21.4 Å². The summed E-state index contributed by atoms with van der Waals surface area (Å²) < 4.78 is 6.59. The normalized spacial score (nSPS) is 23.2. The Morgan fingerprint density at radius 3 is 2.62 bits per heavy atom. The average molecular weight is 367 g/mol. The Morgan fingerprint density at radius 1 is 1.08 bits per heavy atom. The molecule has 0 saturated heterocycles. The smallest absolute Gasteiger partial charge is 0.198 e. The van der Waals surface area contributed by atoms with Crippen molar-refractivity contribution in [1.29, 1.82) is 0 Å². The third-order valence-corrected chi connectivity index (χ3v) is 6.21. The molecule has 5 rings (SSSR count). The number of halogens is 1. The topological polar surface area (TPSA) is 24.8 Å². The fraction of sp³-hybridized carbons (Fsp3) is 0.409. The van der Waals surface area contributed by atoms with Crippen molar-refractivity contribution in [1.82, 2.24) is 5.01 Å². The molecule has 3 aliphatic rings. The summed E-state index contributed by atoms with van der Waals surface area (Å²) in [6.07, 6.45) is 6.66. The van der Waals surface area contributed by atoms with Crippen LogP contribution in [0, 0.1) is 6.92 Å². The minimum atomic E-state index is -0.295. The van der Waals surface area contributed by atoms with Gasteiger partial charge in [0, 0.05) is 29.8 Å². The van der Waals surface area contributed by atoms with Crippen LogP contribution in [0.4, 0.5) is 0 Å². The molecule has 2 heterocycles. The zero-order valence-corrected chi connectivity index (χ0v) is 15.8. The fourth-order valence-corrected chi connectivity index (χ4v) is 4.79. The van der Waals surface area contributed by atoms with Crippen LogP contribution in [0.1, 0.15) is 61.3 Å². The minimum absolute atomic E-state index is 0.215. The van der Waals surface area contributed by atoms with Crippen LogP contribution in [0.5, 0.6) is 5.75 Å². The van der Waals surface area contributed by atoms with Crippen LogP contribution >= 0.6 is 11.6 Å². The van der Waals surface area contributed by atoms with E-state index in [-0.39, 0.29) is 11.8 Å². The van der Waals surface area contributed by atoms with E-state index in [1.165, 1.54) is 36.0 Å². The third-order valence-electron chi connectivity index (χ3n) is 5.98. The first-order valence-electron chi connectivity index (χ1n) is 9.57. The molecule has 0 aromatic heterocycles. The first-order valence-corrected chi connectivity index (χ1v) is 9.95. The quantitative estimate of drug-likeness (QED) is 0.632. The van der Waals surface area contributed by atoms with Crippen LogP contribution in [0.2, 0.25) is 5.02 Å². The molecule has 1 aliphatic carbocycles. The van der Waals surface area contributed by atoms with Gasteiger partial charge in [0.15, 0.2) is 5.72 Å². The van der Waals surface area contributed by atoms with Gasteiger partial charge in [0.05, 0.1) is 11.8 Å². The molecule has 0 bridgehead atoms. The lowest BCUT2D eigenvalue weighted by Gasteiger charge is -2.49. The van der Waals surface area contributed by atoms with E-state index in [0.29, 0.717) is 0 Å². The van der Waals surface area contributed by atoms with Gasteiger partial charge in [0.2, 0.25) is 0 Å². The van der Waals surface area contributed by atoms with Gasteiger partial charge >= 0.3 is 0 Å². The van der Waals surface area contributed by atoms with E-state index in [0.717, 1.165) is 35.7 Å². The summed E-state index contributed by atoms with van der Waals surface area (Å²) in [6.45, 7) is 2.12. The Morgan fingerprint density at radius 2 is 1.85 bits per heavy atom. The standard InChI is InChI=1S/C22H23ClN2O/c1-15-5-7-16(8-6-15)19-14-20-18-13-17(23)9-10-21(18)26-22(25(20)24-19)11-3-2-4-12-22/h5-10,13,20H,2-4,11-12,14H2,1H3/t20-/m1/s1. The van der Waals surface area contributed by atoms with E-state index in [1.807, 2.05) is 12.1 Å². The maximum atomic E-state index is 6.59. The van der Waals surface area contributed by atoms with Crippen LogP contribution in [0.25, 0.3) is 0 Å². The number of hydrazone groups is 1. The molecule has 0 N–H and O–H groups in total. The lowest BCUT2D eigenvalue weighted by molar-refractivity contribution is -0.140. The Bertz CT molecular complexity index is 868. The molecule has 3 nitrogen and oxygen atoms in total. The highest BCUT2D eigenvalue weighted by atomic mass is 35.5. The predicted octanol–water partition coefficient (Wildman–Crippen LogP) is 5.85. The van der Waals surface area contributed by atoms with Crippen LogP contribution in [0.3, 0.4) is 0 Å². The van der Waals surface area contributed by atoms with Crippen molar-refractivity contribution in [3.05, 3.63) is 64.2 Å². The average Bonchev–Trinajstić information content (AvgIpc) is 3.11. The zero-order chi connectivity index (χ0) is 17.7. The largest absolute Gasteiger partial charge is 0.466 e. The Kier molecular flexibility index (Phi) is 3.75. The number of aryl methyl sites for hydroxylation is 1. The molecule has 26 heavy (non-hydrogen) atoms. The lowest BCUT2D eigenvalue weighted by Crippen LogP contribution is -2.54. The molecule has 4 heteroatoms. The van der Waals surface area contributed by atoms with Gasteiger partial charge in [-0.1, -0.05) is 47.9 Å². The molecule has 0 radical (unpaired) electrons. The number of hydrogen-bond acceptors (Lipinski definition) is 3. The second-order valence-corrected chi connectivity index (χ2v) is 8.20. The number of hydrogen-bond donors (Lipinski definition) is 0. The molecule has 2 aliphatic heterocycles. The molecule has 0 unspecified atom stereocenters. The van der Waals surface area contributed by atoms with E-state index in [1.54, 1.807) is 0 Å². The third kappa shape index (κ3) is 2.52. The molecule has 1 atom stereocenters.